The second-order valence-corrected chi connectivity index (χ2v) is 8.60. The van der Waals surface area contributed by atoms with Gasteiger partial charge in [0, 0.05) is 26.2 Å². The van der Waals surface area contributed by atoms with E-state index in [0.29, 0.717) is 19.6 Å². The van der Waals surface area contributed by atoms with Crippen LogP contribution in [0.4, 0.5) is 4.79 Å². The van der Waals surface area contributed by atoms with E-state index in [4.69, 9.17) is 4.74 Å². The minimum atomic E-state index is -3.89. The Kier molecular flexibility index (Phi) is 5.84. The summed E-state index contributed by atoms with van der Waals surface area (Å²) in [5.41, 5.74) is 0.269. The van der Waals surface area contributed by atoms with Crippen LogP contribution in [-0.2, 0) is 21.3 Å². The molecule has 0 saturated carbocycles. The Morgan fingerprint density at radius 1 is 1.33 bits per heavy atom. The van der Waals surface area contributed by atoms with Crippen molar-refractivity contribution < 1.29 is 17.9 Å². The highest BCUT2D eigenvalue weighted by molar-refractivity contribution is 7.90. The van der Waals surface area contributed by atoms with Crippen molar-refractivity contribution >= 4 is 16.1 Å². The van der Waals surface area contributed by atoms with E-state index in [2.05, 4.69) is 5.32 Å². The number of hydrogen-bond donors (Lipinski definition) is 2. The minimum Gasteiger partial charge on any atom is -0.443 e. The Balaban J connectivity index is 2.09. The predicted octanol–water partition coefficient (Wildman–Crippen LogP) is 1.27. The first kappa shape index (κ1) is 18.7. The van der Waals surface area contributed by atoms with Crippen molar-refractivity contribution in [1.82, 2.24) is 14.9 Å². The van der Waals surface area contributed by atoms with Gasteiger partial charge in [-0.05, 0) is 26.3 Å². The summed E-state index contributed by atoms with van der Waals surface area (Å²) in [5, 5.41) is 2.23. The topological polar surface area (TPSA) is 87.7 Å². The lowest BCUT2D eigenvalue weighted by molar-refractivity contribution is 0.0567. The van der Waals surface area contributed by atoms with Crippen molar-refractivity contribution in [2.45, 2.75) is 38.3 Å². The van der Waals surface area contributed by atoms with E-state index in [0.717, 1.165) is 5.56 Å². The predicted molar refractivity (Wildman–Crippen MR) is 91.8 cm³/mol. The van der Waals surface area contributed by atoms with Crippen LogP contribution in [0.2, 0.25) is 0 Å². The Morgan fingerprint density at radius 2 is 2.00 bits per heavy atom. The van der Waals surface area contributed by atoms with Crippen LogP contribution < -0.4 is 10.0 Å². The van der Waals surface area contributed by atoms with Crippen LogP contribution in [-0.4, -0.2) is 50.0 Å². The molecule has 0 aliphatic carbocycles. The third-order valence-electron chi connectivity index (χ3n) is 3.51. The third kappa shape index (κ3) is 5.47. The maximum absolute atomic E-state index is 12.6. The van der Waals surface area contributed by atoms with Gasteiger partial charge in [-0.25, -0.2) is 17.9 Å². The monoisotopic (exact) mass is 355 g/mol. The number of nitrogens with one attached hydrogen (secondary N) is 2. The van der Waals surface area contributed by atoms with Crippen molar-refractivity contribution in [2.75, 3.05) is 19.6 Å². The van der Waals surface area contributed by atoms with E-state index in [1.54, 1.807) is 20.8 Å². The molecule has 1 aliphatic heterocycles. The standard InChI is InChI=1S/C16H25N3O4S/c1-16(2,3)23-15(20)18-24(21,22)14-11-17-9-10-19(14)12-13-7-5-4-6-8-13/h4-8,14,17H,9-12H2,1-3H3,(H,18,20). The molecule has 1 amide bonds. The van der Waals surface area contributed by atoms with Gasteiger partial charge in [0.15, 0.2) is 0 Å². The first-order valence-corrected chi connectivity index (χ1v) is 9.45. The largest absolute Gasteiger partial charge is 0.443 e. The molecule has 0 radical (unpaired) electrons. The summed E-state index contributed by atoms with van der Waals surface area (Å²) >= 11 is 0. The highest BCUT2D eigenvalue weighted by Crippen LogP contribution is 2.15. The van der Waals surface area contributed by atoms with E-state index in [1.807, 2.05) is 40.0 Å². The first-order chi connectivity index (χ1) is 11.2. The number of carbonyl (C=O) groups is 1. The van der Waals surface area contributed by atoms with Gasteiger partial charge >= 0.3 is 6.09 Å². The summed E-state index contributed by atoms with van der Waals surface area (Å²) < 4.78 is 32.3. The van der Waals surface area contributed by atoms with Gasteiger partial charge in [-0.3, -0.25) is 4.90 Å². The quantitative estimate of drug-likeness (QED) is 0.846. The number of rotatable bonds is 4. The van der Waals surface area contributed by atoms with Gasteiger partial charge in [-0.1, -0.05) is 30.3 Å². The number of benzene rings is 1. The van der Waals surface area contributed by atoms with Crippen LogP contribution in [0, 0.1) is 0 Å². The molecule has 1 saturated heterocycles. The summed E-state index contributed by atoms with van der Waals surface area (Å²) in [6.45, 7) is 7.09. The molecule has 8 heteroatoms. The maximum Gasteiger partial charge on any atom is 0.421 e. The summed E-state index contributed by atoms with van der Waals surface area (Å²) in [5.74, 6) is 0. The number of amides is 1. The van der Waals surface area contributed by atoms with Crippen molar-refractivity contribution in [1.29, 1.82) is 0 Å². The van der Waals surface area contributed by atoms with Gasteiger partial charge in [0.05, 0.1) is 0 Å². The highest BCUT2D eigenvalue weighted by Gasteiger charge is 2.35. The summed E-state index contributed by atoms with van der Waals surface area (Å²) in [6.07, 6.45) is -0.951. The zero-order valence-electron chi connectivity index (χ0n) is 14.3. The molecule has 1 aromatic rings. The summed E-state index contributed by atoms with van der Waals surface area (Å²) in [4.78, 5) is 13.7. The number of piperazine rings is 1. The maximum atomic E-state index is 12.6. The van der Waals surface area contributed by atoms with Crippen LogP contribution >= 0.6 is 0 Å². The molecule has 1 aromatic carbocycles. The SMILES string of the molecule is CC(C)(C)OC(=O)NS(=O)(=O)C1CNCCN1Cc1ccccc1. The second-order valence-electron chi connectivity index (χ2n) is 6.76. The van der Waals surface area contributed by atoms with E-state index < -0.39 is 27.1 Å². The van der Waals surface area contributed by atoms with Crippen LogP contribution in [0.3, 0.4) is 0 Å². The van der Waals surface area contributed by atoms with E-state index >= 15 is 0 Å². The van der Waals surface area contributed by atoms with Gasteiger partial charge < -0.3 is 10.1 Å². The Hall–Kier alpha value is -1.64. The number of sulfonamides is 1. The molecule has 1 fully saturated rings. The molecular weight excluding hydrogens is 330 g/mol. The third-order valence-corrected chi connectivity index (χ3v) is 5.15. The number of hydrogen-bond acceptors (Lipinski definition) is 6. The molecule has 2 rings (SSSR count). The van der Waals surface area contributed by atoms with E-state index in [1.165, 1.54) is 0 Å². The van der Waals surface area contributed by atoms with Crippen molar-refractivity contribution in [3.8, 4) is 0 Å². The number of ether oxygens (including phenoxy) is 1. The van der Waals surface area contributed by atoms with Crippen LogP contribution in [0.25, 0.3) is 0 Å². The molecule has 1 heterocycles. The molecular formula is C16H25N3O4S. The lowest BCUT2D eigenvalue weighted by Crippen LogP contribution is -2.57. The molecule has 1 aliphatic rings. The van der Waals surface area contributed by atoms with Crippen molar-refractivity contribution in [2.24, 2.45) is 0 Å². The summed E-state index contributed by atoms with van der Waals surface area (Å²) in [7, 11) is -3.89. The summed E-state index contributed by atoms with van der Waals surface area (Å²) in [6, 6.07) is 9.65. The molecule has 2 N–H and O–H groups in total. The molecule has 7 nitrogen and oxygen atoms in total. The lowest BCUT2D eigenvalue weighted by Gasteiger charge is -2.35. The Labute approximate surface area is 143 Å². The van der Waals surface area contributed by atoms with E-state index in [9.17, 15) is 13.2 Å². The zero-order chi connectivity index (χ0) is 17.8. The fourth-order valence-corrected chi connectivity index (χ4v) is 3.83. The molecule has 1 atom stereocenters. The van der Waals surface area contributed by atoms with Crippen molar-refractivity contribution in [3.63, 3.8) is 0 Å². The van der Waals surface area contributed by atoms with Crippen LogP contribution in [0.1, 0.15) is 26.3 Å². The fraction of sp³-hybridized carbons (Fsp3) is 0.562. The molecule has 1 unspecified atom stereocenters. The van der Waals surface area contributed by atoms with Crippen LogP contribution in [0.5, 0.6) is 0 Å². The molecule has 0 bridgehead atoms. The van der Waals surface area contributed by atoms with Crippen molar-refractivity contribution in [3.05, 3.63) is 35.9 Å². The fourth-order valence-electron chi connectivity index (χ4n) is 2.51. The normalized spacial score (nSPS) is 19.7. The zero-order valence-corrected chi connectivity index (χ0v) is 15.1. The Morgan fingerprint density at radius 3 is 2.62 bits per heavy atom. The van der Waals surface area contributed by atoms with E-state index in [-0.39, 0.29) is 6.54 Å². The average molecular weight is 355 g/mol. The molecule has 134 valence electrons. The highest BCUT2D eigenvalue weighted by atomic mass is 32.2. The number of carbonyl (C=O) groups excluding carboxylic acids is 1. The van der Waals surface area contributed by atoms with Gasteiger partial charge in [0.2, 0.25) is 0 Å². The number of nitrogens with zero attached hydrogens (tertiary/aromatic N) is 1. The van der Waals surface area contributed by atoms with Crippen LogP contribution in [0.15, 0.2) is 30.3 Å². The molecule has 24 heavy (non-hydrogen) atoms. The second kappa shape index (κ2) is 7.50. The Bertz CT molecular complexity index is 656. The van der Waals surface area contributed by atoms with Gasteiger partial charge in [-0.2, -0.15) is 0 Å². The van der Waals surface area contributed by atoms with Gasteiger partial charge in [0.25, 0.3) is 10.0 Å². The lowest BCUT2D eigenvalue weighted by atomic mass is 10.2. The smallest absolute Gasteiger partial charge is 0.421 e. The molecule has 0 spiro atoms. The first-order valence-electron chi connectivity index (χ1n) is 7.91. The minimum absolute atomic E-state index is 0.255. The average Bonchev–Trinajstić information content (AvgIpc) is 2.46. The van der Waals surface area contributed by atoms with Gasteiger partial charge in [-0.15, -0.1) is 0 Å². The van der Waals surface area contributed by atoms with Gasteiger partial charge in [0.1, 0.15) is 11.0 Å². The molecule has 0 aromatic heterocycles.